The standard InChI is InChI=1S/C10H12N2O/c1-2-7-13-10-11-8-5-3-4-6-9(8)12-10/h3-6,10H,2,7H2,1H3. The van der Waals surface area contributed by atoms with Crippen LogP contribution in [-0.4, -0.2) is 13.0 Å². The second kappa shape index (κ2) is 3.66. The summed E-state index contributed by atoms with van der Waals surface area (Å²) in [4.78, 5) is 8.60. The van der Waals surface area contributed by atoms with Crippen LogP contribution in [0.1, 0.15) is 13.3 Å². The topological polar surface area (TPSA) is 34.0 Å². The average Bonchev–Trinajstić information content (AvgIpc) is 2.57. The van der Waals surface area contributed by atoms with Gasteiger partial charge in [0.25, 0.3) is 0 Å². The number of para-hydroxylation sites is 2. The highest BCUT2D eigenvalue weighted by molar-refractivity contribution is 5.02. The summed E-state index contributed by atoms with van der Waals surface area (Å²) in [5.74, 6) is 0. The summed E-state index contributed by atoms with van der Waals surface area (Å²) in [7, 11) is 0. The molecular weight excluding hydrogens is 164 g/mol. The largest absolute Gasteiger partial charge is 0.338 e. The van der Waals surface area contributed by atoms with E-state index in [1.807, 2.05) is 24.3 Å². The quantitative estimate of drug-likeness (QED) is 0.665. The fourth-order valence-corrected chi connectivity index (χ4v) is 1.25. The fourth-order valence-electron chi connectivity index (χ4n) is 1.25. The Balaban J connectivity index is 2.20. The maximum Gasteiger partial charge on any atom is 0.246 e. The third-order valence-electron chi connectivity index (χ3n) is 1.85. The van der Waals surface area contributed by atoms with E-state index in [1.54, 1.807) is 0 Å². The van der Waals surface area contributed by atoms with Gasteiger partial charge in [0, 0.05) is 0 Å². The molecule has 1 aliphatic heterocycles. The zero-order chi connectivity index (χ0) is 9.10. The van der Waals surface area contributed by atoms with E-state index in [1.165, 1.54) is 0 Å². The van der Waals surface area contributed by atoms with Crippen molar-refractivity contribution in [3.63, 3.8) is 0 Å². The molecule has 1 heterocycles. The number of hydrogen-bond donors (Lipinski definition) is 0. The maximum atomic E-state index is 5.40. The van der Waals surface area contributed by atoms with E-state index in [4.69, 9.17) is 4.74 Å². The van der Waals surface area contributed by atoms with Gasteiger partial charge in [0.1, 0.15) is 0 Å². The van der Waals surface area contributed by atoms with Crippen LogP contribution in [0.25, 0.3) is 0 Å². The predicted octanol–water partition coefficient (Wildman–Crippen LogP) is 0.650. The van der Waals surface area contributed by atoms with Gasteiger partial charge in [-0.25, -0.2) is 9.98 Å². The first-order chi connectivity index (χ1) is 6.40. The first-order valence-electron chi connectivity index (χ1n) is 4.52. The van der Waals surface area contributed by atoms with Gasteiger partial charge in [0.15, 0.2) is 0 Å². The minimum absolute atomic E-state index is 0.308. The molecule has 3 nitrogen and oxygen atoms in total. The van der Waals surface area contributed by atoms with E-state index in [9.17, 15) is 0 Å². The molecule has 0 N–H and O–H groups in total. The summed E-state index contributed by atoms with van der Waals surface area (Å²) in [6.45, 7) is 2.79. The maximum absolute atomic E-state index is 5.40. The Hall–Kier alpha value is -1.22. The number of hydrogen-bond acceptors (Lipinski definition) is 3. The van der Waals surface area contributed by atoms with Gasteiger partial charge in [-0.05, 0) is 18.6 Å². The van der Waals surface area contributed by atoms with Crippen LogP contribution in [0.4, 0.5) is 0 Å². The molecule has 68 valence electrons. The highest BCUT2D eigenvalue weighted by atomic mass is 16.5. The normalized spacial score (nSPS) is 14.8. The van der Waals surface area contributed by atoms with Gasteiger partial charge in [0.2, 0.25) is 6.35 Å². The van der Waals surface area contributed by atoms with Crippen LogP contribution in [0.5, 0.6) is 0 Å². The van der Waals surface area contributed by atoms with Gasteiger partial charge in [-0.2, -0.15) is 0 Å². The summed E-state index contributed by atoms with van der Waals surface area (Å²) in [5.41, 5.74) is 0. The van der Waals surface area contributed by atoms with E-state index in [0.29, 0.717) is 6.61 Å². The highest BCUT2D eigenvalue weighted by Crippen LogP contribution is 1.97. The zero-order valence-corrected chi connectivity index (χ0v) is 7.60. The van der Waals surface area contributed by atoms with Crippen molar-refractivity contribution in [2.75, 3.05) is 6.61 Å². The monoisotopic (exact) mass is 176 g/mol. The molecule has 0 saturated heterocycles. The van der Waals surface area contributed by atoms with Crippen molar-refractivity contribution in [2.24, 2.45) is 9.98 Å². The molecule has 0 bridgehead atoms. The third-order valence-corrected chi connectivity index (χ3v) is 1.85. The van der Waals surface area contributed by atoms with Crippen molar-refractivity contribution in [3.05, 3.63) is 35.0 Å². The smallest absolute Gasteiger partial charge is 0.246 e. The number of rotatable bonds is 3. The number of fused-ring (bicyclic) bond motifs is 1. The minimum atomic E-state index is -0.308. The van der Waals surface area contributed by atoms with Crippen molar-refractivity contribution in [1.29, 1.82) is 0 Å². The molecule has 1 aromatic rings. The van der Waals surface area contributed by atoms with E-state index in [0.717, 1.165) is 17.1 Å². The lowest BCUT2D eigenvalue weighted by Crippen LogP contribution is -2.19. The molecule has 0 radical (unpaired) electrons. The molecule has 3 heteroatoms. The van der Waals surface area contributed by atoms with Gasteiger partial charge >= 0.3 is 0 Å². The molecule has 0 aromatic heterocycles. The van der Waals surface area contributed by atoms with Crippen LogP contribution in [0.2, 0.25) is 0 Å². The van der Waals surface area contributed by atoms with Crippen molar-refractivity contribution >= 4 is 0 Å². The second-order valence-corrected chi connectivity index (χ2v) is 2.94. The molecule has 0 spiro atoms. The number of benzene rings is 1. The molecular formula is C10H12N2O. The number of ether oxygens (including phenoxy) is 1. The zero-order valence-electron chi connectivity index (χ0n) is 7.60. The van der Waals surface area contributed by atoms with Crippen molar-refractivity contribution in [3.8, 4) is 0 Å². The van der Waals surface area contributed by atoms with Crippen LogP contribution < -0.4 is 10.7 Å². The lowest BCUT2D eigenvalue weighted by Gasteiger charge is -2.03. The molecule has 13 heavy (non-hydrogen) atoms. The molecule has 0 fully saturated rings. The molecule has 0 unspecified atom stereocenters. The highest BCUT2D eigenvalue weighted by Gasteiger charge is 2.07. The van der Waals surface area contributed by atoms with E-state index < -0.39 is 0 Å². The van der Waals surface area contributed by atoms with Crippen molar-refractivity contribution in [2.45, 2.75) is 19.7 Å². The molecule has 0 saturated carbocycles. The Labute approximate surface area is 76.8 Å². The van der Waals surface area contributed by atoms with Crippen LogP contribution in [0.15, 0.2) is 34.3 Å². The Bertz CT molecular complexity index is 365. The molecule has 1 aliphatic rings. The Kier molecular flexibility index (Phi) is 2.36. The van der Waals surface area contributed by atoms with Crippen molar-refractivity contribution < 1.29 is 4.74 Å². The van der Waals surface area contributed by atoms with E-state index in [-0.39, 0.29) is 6.35 Å². The summed E-state index contributed by atoms with van der Waals surface area (Å²) < 4.78 is 5.40. The minimum Gasteiger partial charge on any atom is -0.338 e. The van der Waals surface area contributed by atoms with E-state index >= 15 is 0 Å². The molecule has 0 amide bonds. The predicted molar refractivity (Wildman–Crippen MR) is 48.8 cm³/mol. The van der Waals surface area contributed by atoms with Crippen molar-refractivity contribution in [1.82, 2.24) is 0 Å². The van der Waals surface area contributed by atoms with Crippen LogP contribution in [-0.2, 0) is 4.74 Å². The Morgan fingerprint density at radius 1 is 1.23 bits per heavy atom. The van der Waals surface area contributed by atoms with Gasteiger partial charge in [0.05, 0.1) is 17.3 Å². The summed E-state index contributed by atoms with van der Waals surface area (Å²) in [5, 5.41) is 1.87. The lowest BCUT2D eigenvalue weighted by molar-refractivity contribution is 0.0651. The molecule has 2 rings (SSSR count). The van der Waals surface area contributed by atoms with E-state index in [2.05, 4.69) is 16.9 Å². The number of nitrogens with zero attached hydrogens (tertiary/aromatic N) is 2. The summed E-state index contributed by atoms with van der Waals surface area (Å²) >= 11 is 0. The summed E-state index contributed by atoms with van der Waals surface area (Å²) in [6.07, 6.45) is 0.690. The van der Waals surface area contributed by atoms with Gasteiger partial charge in [-0.15, -0.1) is 0 Å². The SMILES string of the molecule is CCCOC1N=c2ccccc2=N1. The lowest BCUT2D eigenvalue weighted by atomic mass is 10.3. The summed E-state index contributed by atoms with van der Waals surface area (Å²) in [6, 6.07) is 7.82. The van der Waals surface area contributed by atoms with Gasteiger partial charge in [-0.1, -0.05) is 19.1 Å². The fraction of sp³-hybridized carbons (Fsp3) is 0.400. The van der Waals surface area contributed by atoms with Gasteiger partial charge < -0.3 is 4.74 Å². The third kappa shape index (κ3) is 1.75. The van der Waals surface area contributed by atoms with Gasteiger partial charge in [-0.3, -0.25) is 0 Å². The molecule has 1 aromatic carbocycles. The van der Waals surface area contributed by atoms with Crippen LogP contribution >= 0.6 is 0 Å². The Morgan fingerprint density at radius 3 is 2.38 bits per heavy atom. The Morgan fingerprint density at radius 2 is 1.85 bits per heavy atom. The van der Waals surface area contributed by atoms with Crippen LogP contribution in [0, 0.1) is 0 Å². The first kappa shape index (κ1) is 8.38. The average molecular weight is 176 g/mol. The molecule has 0 aliphatic carbocycles. The molecule has 0 atom stereocenters. The first-order valence-corrected chi connectivity index (χ1v) is 4.52. The van der Waals surface area contributed by atoms with Crippen LogP contribution in [0.3, 0.4) is 0 Å². The second-order valence-electron chi connectivity index (χ2n) is 2.94.